The molecule has 1 aromatic heterocycles. The Kier molecular flexibility index (Phi) is 5.63. The van der Waals surface area contributed by atoms with Gasteiger partial charge in [-0.15, -0.1) is 0 Å². The lowest BCUT2D eigenvalue weighted by Crippen LogP contribution is -2.35. The maximum atomic E-state index is 11.0. The Hall–Kier alpha value is -0.350. The van der Waals surface area contributed by atoms with Gasteiger partial charge in [0.15, 0.2) is 0 Å². The molecule has 0 aliphatic rings. The Bertz CT molecular complexity index is 414. The van der Waals surface area contributed by atoms with Gasteiger partial charge in [-0.25, -0.2) is 0 Å². The van der Waals surface area contributed by atoms with Crippen molar-refractivity contribution in [3.8, 4) is 0 Å². The molecule has 0 bridgehead atoms. The van der Waals surface area contributed by atoms with Crippen molar-refractivity contribution in [3.05, 3.63) is 15.9 Å². The zero-order valence-corrected chi connectivity index (χ0v) is 14.6. The van der Waals surface area contributed by atoms with E-state index in [1.54, 1.807) is 0 Å². The van der Waals surface area contributed by atoms with E-state index in [0.29, 0.717) is 18.3 Å². The van der Waals surface area contributed by atoms with E-state index in [0.717, 1.165) is 28.7 Å². The first-order valence-electron chi connectivity index (χ1n) is 7.05. The Labute approximate surface area is 125 Å². The second kappa shape index (κ2) is 6.40. The van der Waals surface area contributed by atoms with Crippen LogP contribution in [0.15, 0.2) is 4.47 Å². The van der Waals surface area contributed by atoms with E-state index in [-0.39, 0.29) is 0 Å². The van der Waals surface area contributed by atoms with Crippen molar-refractivity contribution >= 4 is 15.9 Å². The van der Waals surface area contributed by atoms with Crippen LogP contribution in [-0.4, -0.2) is 20.5 Å². The fourth-order valence-corrected chi connectivity index (χ4v) is 3.41. The molecular formula is C15H27BrN2O. The molecule has 1 rings (SSSR count). The summed E-state index contributed by atoms with van der Waals surface area (Å²) in [6, 6.07) is 0. The molecule has 0 spiro atoms. The lowest BCUT2D eigenvalue weighted by atomic mass is 9.81. The van der Waals surface area contributed by atoms with Gasteiger partial charge in [-0.3, -0.25) is 4.68 Å². The van der Waals surface area contributed by atoms with E-state index in [9.17, 15) is 5.11 Å². The zero-order chi connectivity index (χ0) is 14.8. The average molecular weight is 331 g/mol. The van der Waals surface area contributed by atoms with Crippen molar-refractivity contribution in [1.82, 2.24) is 9.78 Å². The molecule has 3 nitrogen and oxygen atoms in total. The number of halogens is 1. The minimum Gasteiger partial charge on any atom is -0.389 e. The third-order valence-electron chi connectivity index (χ3n) is 3.33. The minimum atomic E-state index is -0.648. The molecular weight excluding hydrogens is 304 g/mol. The second-order valence-corrected chi connectivity index (χ2v) is 7.36. The van der Waals surface area contributed by atoms with Crippen LogP contribution in [0.5, 0.6) is 0 Å². The summed E-state index contributed by atoms with van der Waals surface area (Å²) in [6.45, 7) is 10.6. The summed E-state index contributed by atoms with van der Waals surface area (Å²) in [5, 5.41) is 15.4. The van der Waals surface area contributed by atoms with E-state index in [4.69, 9.17) is 0 Å². The molecule has 0 radical (unpaired) electrons. The second-order valence-electron chi connectivity index (χ2n) is 6.57. The van der Waals surface area contributed by atoms with Crippen molar-refractivity contribution in [1.29, 1.82) is 0 Å². The van der Waals surface area contributed by atoms with Crippen LogP contribution in [0.3, 0.4) is 0 Å². The van der Waals surface area contributed by atoms with E-state index >= 15 is 0 Å². The number of aromatic nitrogens is 2. The van der Waals surface area contributed by atoms with Crippen molar-refractivity contribution in [2.45, 2.75) is 59.5 Å². The molecule has 19 heavy (non-hydrogen) atoms. The molecule has 0 unspecified atom stereocenters. The molecule has 1 heterocycles. The number of aryl methyl sites for hydroxylation is 2. The summed E-state index contributed by atoms with van der Waals surface area (Å²) in [5.41, 5.74) is 1.42. The molecule has 4 heteroatoms. The molecule has 0 aliphatic heterocycles. The molecule has 0 amide bonds. The number of rotatable bonds is 6. The van der Waals surface area contributed by atoms with Crippen LogP contribution in [0.2, 0.25) is 0 Å². The molecule has 0 aromatic carbocycles. The van der Waals surface area contributed by atoms with Gasteiger partial charge >= 0.3 is 0 Å². The predicted octanol–water partition coefficient (Wildman–Crippen LogP) is 3.86. The molecule has 0 fully saturated rings. The van der Waals surface area contributed by atoms with Crippen molar-refractivity contribution < 1.29 is 5.11 Å². The topological polar surface area (TPSA) is 38.0 Å². The summed E-state index contributed by atoms with van der Waals surface area (Å²) >= 11 is 3.59. The summed E-state index contributed by atoms with van der Waals surface area (Å²) in [5.74, 6) is 0.966. The highest BCUT2D eigenvalue weighted by Crippen LogP contribution is 2.32. The fraction of sp³-hybridized carbons (Fsp3) is 0.800. The van der Waals surface area contributed by atoms with E-state index in [1.165, 1.54) is 0 Å². The zero-order valence-electron chi connectivity index (χ0n) is 13.0. The third-order valence-corrected chi connectivity index (χ3v) is 4.37. The minimum absolute atomic E-state index is 0.483. The van der Waals surface area contributed by atoms with Gasteiger partial charge in [0.2, 0.25) is 0 Å². The summed E-state index contributed by atoms with van der Waals surface area (Å²) < 4.78 is 2.91. The lowest BCUT2D eigenvalue weighted by Gasteiger charge is -2.32. The summed E-state index contributed by atoms with van der Waals surface area (Å²) in [4.78, 5) is 0. The van der Waals surface area contributed by atoms with E-state index in [2.05, 4.69) is 48.7 Å². The van der Waals surface area contributed by atoms with Gasteiger partial charge in [-0.2, -0.15) is 5.10 Å². The highest BCUT2D eigenvalue weighted by molar-refractivity contribution is 9.10. The molecule has 1 aromatic rings. The molecule has 1 N–H and O–H groups in total. The Morgan fingerprint density at radius 3 is 2.00 bits per heavy atom. The van der Waals surface area contributed by atoms with Crippen LogP contribution in [0.4, 0.5) is 0 Å². The molecule has 0 atom stereocenters. The highest BCUT2D eigenvalue weighted by Gasteiger charge is 2.31. The quantitative estimate of drug-likeness (QED) is 0.860. The van der Waals surface area contributed by atoms with Crippen LogP contribution < -0.4 is 0 Å². The largest absolute Gasteiger partial charge is 0.389 e. The maximum Gasteiger partial charge on any atom is 0.0738 e. The standard InChI is InChI=1S/C15H27BrN2O/c1-10(2)7-15(19,8-11(3)4)9-13-14(16)12(5)17-18(13)6/h10-11,19H,7-9H2,1-6H3. The normalized spacial score (nSPS) is 12.7. The number of hydrogen-bond acceptors (Lipinski definition) is 2. The van der Waals surface area contributed by atoms with Crippen LogP contribution in [0.1, 0.15) is 51.9 Å². The average Bonchev–Trinajstić information content (AvgIpc) is 2.42. The van der Waals surface area contributed by atoms with Crippen LogP contribution in [0, 0.1) is 18.8 Å². The number of aliphatic hydroxyl groups is 1. The molecule has 110 valence electrons. The maximum absolute atomic E-state index is 11.0. The van der Waals surface area contributed by atoms with Gasteiger partial charge in [0, 0.05) is 13.5 Å². The molecule has 0 saturated heterocycles. The highest BCUT2D eigenvalue weighted by atomic mass is 79.9. The van der Waals surface area contributed by atoms with Crippen LogP contribution >= 0.6 is 15.9 Å². The Morgan fingerprint density at radius 2 is 1.68 bits per heavy atom. The Morgan fingerprint density at radius 1 is 1.21 bits per heavy atom. The van der Waals surface area contributed by atoms with E-state index < -0.39 is 5.60 Å². The van der Waals surface area contributed by atoms with E-state index in [1.807, 2.05) is 18.7 Å². The number of hydrogen-bond donors (Lipinski definition) is 1. The van der Waals surface area contributed by atoms with Gasteiger partial charge < -0.3 is 5.11 Å². The van der Waals surface area contributed by atoms with Gasteiger partial charge in [-0.1, -0.05) is 27.7 Å². The monoisotopic (exact) mass is 330 g/mol. The first-order valence-corrected chi connectivity index (χ1v) is 7.84. The molecule has 0 saturated carbocycles. The fourth-order valence-electron chi connectivity index (χ4n) is 2.93. The van der Waals surface area contributed by atoms with Gasteiger partial charge in [0.25, 0.3) is 0 Å². The third kappa shape index (κ3) is 4.60. The van der Waals surface area contributed by atoms with Crippen LogP contribution in [0.25, 0.3) is 0 Å². The number of nitrogens with zero attached hydrogens (tertiary/aromatic N) is 2. The smallest absolute Gasteiger partial charge is 0.0738 e. The lowest BCUT2D eigenvalue weighted by molar-refractivity contribution is -0.000927. The van der Waals surface area contributed by atoms with Crippen LogP contribution in [-0.2, 0) is 13.5 Å². The van der Waals surface area contributed by atoms with Gasteiger partial charge in [0.05, 0.1) is 21.5 Å². The molecule has 0 aliphatic carbocycles. The first kappa shape index (κ1) is 16.7. The van der Waals surface area contributed by atoms with Crippen molar-refractivity contribution in [2.24, 2.45) is 18.9 Å². The van der Waals surface area contributed by atoms with Gasteiger partial charge in [-0.05, 0) is 47.5 Å². The SMILES string of the molecule is Cc1nn(C)c(CC(O)(CC(C)C)CC(C)C)c1Br. The van der Waals surface area contributed by atoms with Crippen molar-refractivity contribution in [2.75, 3.05) is 0 Å². The summed E-state index contributed by atoms with van der Waals surface area (Å²) in [6.07, 6.45) is 2.30. The predicted molar refractivity (Wildman–Crippen MR) is 83.2 cm³/mol. The summed E-state index contributed by atoms with van der Waals surface area (Å²) in [7, 11) is 1.94. The van der Waals surface area contributed by atoms with Gasteiger partial charge in [0.1, 0.15) is 0 Å². The first-order chi connectivity index (χ1) is 8.64. The Balaban J connectivity index is 2.99. The van der Waals surface area contributed by atoms with Crippen molar-refractivity contribution in [3.63, 3.8) is 0 Å².